The minimum absolute atomic E-state index is 0.244. The first-order chi connectivity index (χ1) is 11.9. The fourth-order valence-electron chi connectivity index (χ4n) is 3.55. The Morgan fingerprint density at radius 1 is 1.36 bits per heavy atom. The Morgan fingerprint density at radius 2 is 2.16 bits per heavy atom. The summed E-state index contributed by atoms with van der Waals surface area (Å²) in [5, 5.41) is 19.9. The molecule has 3 heterocycles. The van der Waals surface area contributed by atoms with Crippen LogP contribution in [0, 0.1) is 0 Å². The maximum Gasteiger partial charge on any atom is 0.219 e. The first-order valence-electron chi connectivity index (χ1n) is 8.35. The molecule has 10 heteroatoms. The van der Waals surface area contributed by atoms with Gasteiger partial charge in [-0.05, 0) is 33.1 Å². The Bertz CT molecular complexity index is 816. The summed E-state index contributed by atoms with van der Waals surface area (Å²) in [6, 6.07) is 0. The van der Waals surface area contributed by atoms with E-state index in [4.69, 9.17) is 21.1 Å². The molecule has 0 amide bonds. The summed E-state index contributed by atoms with van der Waals surface area (Å²) < 4.78 is 13.7. The van der Waals surface area contributed by atoms with Crippen molar-refractivity contribution in [2.75, 3.05) is 5.75 Å². The van der Waals surface area contributed by atoms with Crippen LogP contribution in [0.1, 0.15) is 40.0 Å². The quantitative estimate of drug-likeness (QED) is 0.486. The van der Waals surface area contributed by atoms with Crippen molar-refractivity contribution in [1.29, 1.82) is 0 Å². The molecule has 2 fully saturated rings. The summed E-state index contributed by atoms with van der Waals surface area (Å²) in [5.41, 5.74) is -0.309. The van der Waals surface area contributed by atoms with Gasteiger partial charge in [0.1, 0.15) is 12.2 Å². The van der Waals surface area contributed by atoms with Gasteiger partial charge in [-0.15, -0.1) is 5.10 Å². The van der Waals surface area contributed by atoms with Gasteiger partial charge in [0, 0.05) is 5.75 Å². The molecule has 2 aromatic heterocycles. The van der Waals surface area contributed by atoms with E-state index in [1.807, 2.05) is 13.8 Å². The van der Waals surface area contributed by atoms with Gasteiger partial charge < -0.3 is 14.6 Å². The zero-order chi connectivity index (χ0) is 17.8. The van der Waals surface area contributed by atoms with E-state index in [1.54, 1.807) is 0 Å². The summed E-state index contributed by atoms with van der Waals surface area (Å²) in [7, 11) is 0. The predicted octanol–water partition coefficient (Wildman–Crippen LogP) is 2.34. The maximum absolute atomic E-state index is 10.7. The molecule has 136 valence electrons. The van der Waals surface area contributed by atoms with Crippen molar-refractivity contribution in [2.45, 2.75) is 68.9 Å². The molecule has 0 spiro atoms. The lowest BCUT2D eigenvalue weighted by Gasteiger charge is -2.31. The number of halogens is 1. The monoisotopic (exact) mass is 385 g/mol. The Balaban J connectivity index is 1.87. The number of rotatable bonds is 4. The molecule has 8 nitrogen and oxygen atoms in total. The van der Waals surface area contributed by atoms with E-state index in [9.17, 15) is 5.11 Å². The van der Waals surface area contributed by atoms with Crippen LogP contribution < -0.4 is 0 Å². The predicted molar refractivity (Wildman–Crippen MR) is 92.4 cm³/mol. The van der Waals surface area contributed by atoms with Gasteiger partial charge in [0.15, 0.2) is 27.3 Å². The molecule has 25 heavy (non-hydrogen) atoms. The minimum atomic E-state index is -1.15. The molecule has 4 rings (SSSR count). The van der Waals surface area contributed by atoms with E-state index in [2.05, 4.69) is 27.2 Å². The Labute approximate surface area is 154 Å². The molecule has 1 aliphatic carbocycles. The van der Waals surface area contributed by atoms with E-state index in [1.165, 1.54) is 16.4 Å². The lowest BCUT2D eigenvalue weighted by atomic mass is 10.1. The molecule has 0 radical (unpaired) electrons. The number of ether oxygens (including phenoxy) is 2. The molecule has 1 aliphatic heterocycles. The summed E-state index contributed by atoms with van der Waals surface area (Å²) in [6.07, 6.45) is 1.12. The lowest BCUT2D eigenvalue weighted by molar-refractivity contribution is -0.216. The average Bonchev–Trinajstić information content (AvgIpc) is 3.17. The van der Waals surface area contributed by atoms with Gasteiger partial charge in [-0.3, -0.25) is 0 Å². The van der Waals surface area contributed by atoms with Crippen molar-refractivity contribution in [1.82, 2.24) is 25.0 Å². The highest BCUT2D eigenvalue weighted by molar-refractivity contribution is 7.99. The van der Waals surface area contributed by atoms with Crippen LogP contribution in [0.25, 0.3) is 11.2 Å². The van der Waals surface area contributed by atoms with E-state index in [-0.39, 0.29) is 11.3 Å². The number of nitrogens with zero attached hydrogens (tertiary/aromatic N) is 5. The molecule has 3 unspecified atom stereocenters. The highest BCUT2D eigenvalue weighted by Gasteiger charge is 2.63. The molecular formula is C15H20ClN5O3S. The molecule has 2 aromatic rings. The van der Waals surface area contributed by atoms with Crippen LogP contribution in [0.4, 0.5) is 0 Å². The van der Waals surface area contributed by atoms with Gasteiger partial charge in [-0.1, -0.05) is 35.5 Å². The first-order valence-corrected chi connectivity index (χ1v) is 9.72. The Morgan fingerprint density at radius 3 is 2.92 bits per heavy atom. The smallest absolute Gasteiger partial charge is 0.219 e. The van der Waals surface area contributed by atoms with Crippen molar-refractivity contribution in [2.24, 2.45) is 0 Å². The number of fused-ring (bicyclic) bond motifs is 2. The lowest BCUT2D eigenvalue weighted by Crippen LogP contribution is -2.48. The first kappa shape index (κ1) is 17.4. The fourth-order valence-corrected chi connectivity index (χ4v) is 4.50. The summed E-state index contributed by atoms with van der Waals surface area (Å²) in [4.78, 5) is 8.85. The van der Waals surface area contributed by atoms with Gasteiger partial charge >= 0.3 is 0 Å². The minimum Gasteiger partial charge on any atom is -0.388 e. The maximum atomic E-state index is 10.7. The highest BCUT2D eigenvalue weighted by Crippen LogP contribution is 2.50. The van der Waals surface area contributed by atoms with Gasteiger partial charge in [-0.25, -0.2) is 9.97 Å². The SMILES string of the molecule is CCCSc1nc(Cl)c2nnn(C34OC(C)(C)OC3CCC4O)c2n1. The van der Waals surface area contributed by atoms with E-state index < -0.39 is 17.6 Å². The van der Waals surface area contributed by atoms with E-state index in [0.717, 1.165) is 12.2 Å². The standard InChI is InChI=1S/C15H20ClN5O3S/c1-4-7-25-13-17-11(16)10-12(18-13)21(20-19-10)15-8(22)5-6-9(15)23-14(2,3)24-15/h8-9,22H,4-7H2,1-3H3. The van der Waals surface area contributed by atoms with E-state index >= 15 is 0 Å². The van der Waals surface area contributed by atoms with Crippen LogP contribution in [0.5, 0.6) is 0 Å². The Kier molecular flexibility index (Phi) is 4.19. The number of hydrogen-bond acceptors (Lipinski definition) is 8. The van der Waals surface area contributed by atoms with Crippen LogP contribution in [0.2, 0.25) is 5.15 Å². The Hall–Kier alpha value is -1.00. The van der Waals surface area contributed by atoms with Crippen LogP contribution in [0.3, 0.4) is 0 Å². The number of aliphatic hydroxyl groups is 1. The number of aromatic nitrogens is 5. The number of aliphatic hydroxyl groups excluding tert-OH is 1. The van der Waals surface area contributed by atoms with Gasteiger partial charge in [0.05, 0.1) is 0 Å². The number of thioether (sulfide) groups is 1. The van der Waals surface area contributed by atoms with Crippen molar-refractivity contribution in [3.05, 3.63) is 5.15 Å². The topological polar surface area (TPSA) is 95.2 Å². The van der Waals surface area contributed by atoms with Crippen LogP contribution in [-0.4, -0.2) is 53.8 Å². The zero-order valence-corrected chi connectivity index (χ0v) is 15.8. The van der Waals surface area contributed by atoms with Crippen LogP contribution in [-0.2, 0) is 15.2 Å². The normalized spacial score (nSPS) is 30.9. The molecule has 1 saturated carbocycles. The van der Waals surface area contributed by atoms with Gasteiger partial charge in [0.2, 0.25) is 5.72 Å². The second-order valence-electron chi connectivity index (χ2n) is 6.77. The molecule has 2 aliphatic rings. The van der Waals surface area contributed by atoms with Crippen molar-refractivity contribution in [3.8, 4) is 0 Å². The van der Waals surface area contributed by atoms with Crippen molar-refractivity contribution in [3.63, 3.8) is 0 Å². The van der Waals surface area contributed by atoms with Crippen molar-refractivity contribution >= 4 is 34.5 Å². The van der Waals surface area contributed by atoms with E-state index in [0.29, 0.717) is 29.2 Å². The third-order valence-corrected chi connectivity index (χ3v) is 5.80. The van der Waals surface area contributed by atoms with Crippen LogP contribution >= 0.6 is 23.4 Å². The average molecular weight is 386 g/mol. The molecule has 1 N–H and O–H groups in total. The second kappa shape index (κ2) is 6.02. The van der Waals surface area contributed by atoms with Crippen LogP contribution in [0.15, 0.2) is 5.16 Å². The third-order valence-electron chi connectivity index (χ3n) is 4.48. The largest absolute Gasteiger partial charge is 0.388 e. The molecule has 3 atom stereocenters. The van der Waals surface area contributed by atoms with Gasteiger partial charge in [-0.2, -0.15) is 4.68 Å². The summed E-state index contributed by atoms with van der Waals surface area (Å²) in [6.45, 7) is 5.73. The third kappa shape index (κ3) is 2.64. The summed E-state index contributed by atoms with van der Waals surface area (Å²) >= 11 is 7.80. The number of hydrogen-bond donors (Lipinski definition) is 1. The molecule has 1 saturated heterocycles. The zero-order valence-electron chi connectivity index (χ0n) is 14.3. The summed E-state index contributed by atoms with van der Waals surface area (Å²) in [5.74, 6) is 0.0490. The fraction of sp³-hybridized carbons (Fsp3) is 0.733. The second-order valence-corrected chi connectivity index (χ2v) is 8.19. The molecule has 0 bridgehead atoms. The molecule has 0 aromatic carbocycles. The van der Waals surface area contributed by atoms with Gasteiger partial charge in [0.25, 0.3) is 0 Å². The highest BCUT2D eigenvalue weighted by atomic mass is 35.5. The van der Waals surface area contributed by atoms with Crippen molar-refractivity contribution < 1.29 is 14.6 Å². The molecular weight excluding hydrogens is 366 g/mol.